The van der Waals surface area contributed by atoms with Crippen molar-refractivity contribution in [2.24, 2.45) is 0 Å². The molecule has 2 aromatic rings. The van der Waals surface area contributed by atoms with Crippen LogP contribution in [0.15, 0.2) is 29.8 Å². The van der Waals surface area contributed by atoms with Crippen LogP contribution in [0.3, 0.4) is 0 Å². The highest BCUT2D eigenvalue weighted by molar-refractivity contribution is 7.09. The summed E-state index contributed by atoms with van der Waals surface area (Å²) in [5, 5.41) is 2.70. The third kappa shape index (κ3) is 4.02. The number of hydrogen-bond donors (Lipinski definition) is 0. The summed E-state index contributed by atoms with van der Waals surface area (Å²) in [4.78, 5) is 22.6. The second-order valence-corrected chi connectivity index (χ2v) is 5.48. The van der Waals surface area contributed by atoms with Gasteiger partial charge < -0.3 is 4.90 Å². The van der Waals surface area contributed by atoms with Crippen LogP contribution in [0.4, 0.5) is 0 Å². The monoisotopic (exact) mass is 309 g/mol. The molecule has 20 heavy (non-hydrogen) atoms. The number of thiazole rings is 1. The fourth-order valence-corrected chi connectivity index (χ4v) is 2.81. The van der Waals surface area contributed by atoms with E-state index >= 15 is 0 Å². The largest absolute Gasteiger partial charge is 0.337 e. The number of rotatable bonds is 6. The number of carbonyl (C=O) groups is 1. The molecule has 106 valence electrons. The summed E-state index contributed by atoms with van der Waals surface area (Å²) in [5.74, 6) is 0.449. The molecular formula is C14H16ClN3OS. The quantitative estimate of drug-likeness (QED) is 0.771. The van der Waals surface area contributed by atoms with Crippen molar-refractivity contribution in [1.29, 1.82) is 0 Å². The van der Waals surface area contributed by atoms with Crippen LogP contribution in [0, 0.1) is 0 Å². The molecule has 0 aliphatic carbocycles. The Morgan fingerprint density at radius 1 is 1.40 bits per heavy atom. The molecule has 0 aliphatic rings. The highest BCUT2D eigenvalue weighted by Gasteiger charge is 2.15. The van der Waals surface area contributed by atoms with Crippen molar-refractivity contribution in [3.63, 3.8) is 0 Å². The van der Waals surface area contributed by atoms with Crippen LogP contribution in [0.5, 0.6) is 0 Å². The fraction of sp³-hybridized carbons (Fsp3) is 0.357. The average molecular weight is 310 g/mol. The van der Waals surface area contributed by atoms with Gasteiger partial charge in [0.15, 0.2) is 0 Å². The first-order valence-electron chi connectivity index (χ1n) is 6.39. The van der Waals surface area contributed by atoms with E-state index in [2.05, 4.69) is 9.97 Å². The third-order valence-electron chi connectivity index (χ3n) is 2.85. The number of aromatic nitrogens is 2. The summed E-state index contributed by atoms with van der Waals surface area (Å²) >= 11 is 7.19. The van der Waals surface area contributed by atoms with Gasteiger partial charge >= 0.3 is 0 Å². The molecular weight excluding hydrogens is 294 g/mol. The number of nitrogens with zero attached hydrogens (tertiary/aromatic N) is 3. The Balaban J connectivity index is 1.98. The molecule has 0 fully saturated rings. The van der Waals surface area contributed by atoms with Gasteiger partial charge in [0.1, 0.15) is 5.01 Å². The van der Waals surface area contributed by atoms with E-state index in [9.17, 15) is 4.79 Å². The average Bonchev–Trinajstić information content (AvgIpc) is 2.93. The number of alkyl halides is 1. The molecule has 0 saturated heterocycles. The number of hydrogen-bond acceptors (Lipinski definition) is 4. The standard InChI is InChI=1S/C14H16ClN3OS/c1-2-18(9-11-5-3-4-6-16-11)14(19)7-13-17-12(8-15)10-20-13/h3-6,10H,2,7-9H2,1H3. The van der Waals surface area contributed by atoms with Gasteiger partial charge in [0, 0.05) is 18.1 Å². The van der Waals surface area contributed by atoms with Gasteiger partial charge in [-0.2, -0.15) is 0 Å². The lowest BCUT2D eigenvalue weighted by atomic mass is 10.3. The predicted molar refractivity (Wildman–Crippen MR) is 80.7 cm³/mol. The smallest absolute Gasteiger partial charge is 0.229 e. The topological polar surface area (TPSA) is 46.1 Å². The Morgan fingerprint density at radius 3 is 2.85 bits per heavy atom. The minimum Gasteiger partial charge on any atom is -0.337 e. The number of halogens is 1. The van der Waals surface area contributed by atoms with Gasteiger partial charge in [0.2, 0.25) is 5.91 Å². The van der Waals surface area contributed by atoms with Crippen LogP contribution in [0.1, 0.15) is 23.3 Å². The van der Waals surface area contributed by atoms with Crippen molar-refractivity contribution in [1.82, 2.24) is 14.9 Å². The van der Waals surface area contributed by atoms with E-state index in [0.29, 0.717) is 25.4 Å². The molecule has 0 radical (unpaired) electrons. The van der Waals surface area contributed by atoms with Crippen LogP contribution in [0.25, 0.3) is 0 Å². The van der Waals surface area contributed by atoms with Crippen molar-refractivity contribution < 1.29 is 4.79 Å². The van der Waals surface area contributed by atoms with E-state index in [1.807, 2.05) is 30.5 Å². The highest BCUT2D eigenvalue weighted by Crippen LogP contribution is 2.13. The maximum Gasteiger partial charge on any atom is 0.229 e. The molecule has 0 aromatic carbocycles. The van der Waals surface area contributed by atoms with E-state index in [0.717, 1.165) is 16.4 Å². The Bertz CT molecular complexity index is 559. The number of likely N-dealkylation sites (N-methyl/N-ethyl adjacent to an activating group) is 1. The van der Waals surface area contributed by atoms with Crippen molar-refractivity contribution in [2.75, 3.05) is 6.54 Å². The highest BCUT2D eigenvalue weighted by atomic mass is 35.5. The molecule has 0 bridgehead atoms. The summed E-state index contributed by atoms with van der Waals surface area (Å²) in [5.41, 5.74) is 1.72. The van der Waals surface area contributed by atoms with E-state index < -0.39 is 0 Å². The second-order valence-electron chi connectivity index (χ2n) is 4.27. The first kappa shape index (κ1) is 14.9. The zero-order valence-electron chi connectivity index (χ0n) is 11.3. The molecule has 0 spiro atoms. The van der Waals surface area contributed by atoms with E-state index in [1.54, 1.807) is 11.1 Å². The van der Waals surface area contributed by atoms with Crippen molar-refractivity contribution in [3.8, 4) is 0 Å². The molecule has 0 unspecified atom stereocenters. The third-order valence-corrected chi connectivity index (χ3v) is 4.02. The van der Waals surface area contributed by atoms with Crippen LogP contribution < -0.4 is 0 Å². The molecule has 0 saturated carbocycles. The maximum atomic E-state index is 12.3. The maximum absolute atomic E-state index is 12.3. The van der Waals surface area contributed by atoms with Crippen LogP contribution in [-0.2, 0) is 23.6 Å². The zero-order chi connectivity index (χ0) is 14.4. The summed E-state index contributed by atoms with van der Waals surface area (Å²) in [6.45, 7) is 3.15. The Kier molecular flexibility index (Phi) is 5.49. The van der Waals surface area contributed by atoms with Crippen molar-refractivity contribution in [3.05, 3.63) is 46.2 Å². The summed E-state index contributed by atoms with van der Waals surface area (Å²) < 4.78 is 0. The Hall–Kier alpha value is -1.46. The van der Waals surface area contributed by atoms with Gasteiger partial charge in [-0.05, 0) is 19.1 Å². The van der Waals surface area contributed by atoms with Crippen LogP contribution in [-0.4, -0.2) is 27.3 Å². The van der Waals surface area contributed by atoms with Gasteiger partial charge in [-0.3, -0.25) is 9.78 Å². The van der Waals surface area contributed by atoms with Gasteiger partial charge in [0.05, 0.1) is 30.2 Å². The fourth-order valence-electron chi connectivity index (χ4n) is 1.80. The summed E-state index contributed by atoms with van der Waals surface area (Å²) in [6.07, 6.45) is 2.06. The minimum atomic E-state index is 0.0635. The summed E-state index contributed by atoms with van der Waals surface area (Å²) in [7, 11) is 0. The molecule has 0 N–H and O–H groups in total. The molecule has 1 amide bonds. The van der Waals surface area contributed by atoms with Gasteiger partial charge in [-0.25, -0.2) is 4.98 Å². The molecule has 0 aliphatic heterocycles. The number of pyridine rings is 1. The molecule has 4 nitrogen and oxygen atoms in total. The zero-order valence-corrected chi connectivity index (χ0v) is 12.8. The molecule has 0 atom stereocenters. The normalized spacial score (nSPS) is 10.5. The Morgan fingerprint density at radius 2 is 2.25 bits per heavy atom. The molecule has 2 heterocycles. The van der Waals surface area contributed by atoms with Gasteiger partial charge in [0.25, 0.3) is 0 Å². The SMILES string of the molecule is CCN(Cc1ccccn1)C(=O)Cc1nc(CCl)cs1. The van der Waals surface area contributed by atoms with E-state index in [4.69, 9.17) is 11.6 Å². The van der Waals surface area contributed by atoms with E-state index in [-0.39, 0.29) is 5.91 Å². The van der Waals surface area contributed by atoms with Crippen LogP contribution in [0.2, 0.25) is 0 Å². The predicted octanol–water partition coefficient (Wildman–Crippen LogP) is 2.87. The minimum absolute atomic E-state index is 0.0635. The second kappa shape index (κ2) is 7.36. The van der Waals surface area contributed by atoms with Crippen LogP contribution >= 0.6 is 22.9 Å². The molecule has 2 aromatic heterocycles. The lowest BCUT2D eigenvalue weighted by molar-refractivity contribution is -0.130. The number of carbonyl (C=O) groups excluding carboxylic acids is 1. The number of amides is 1. The van der Waals surface area contributed by atoms with Crippen molar-refractivity contribution in [2.45, 2.75) is 25.8 Å². The van der Waals surface area contributed by atoms with E-state index in [1.165, 1.54) is 11.3 Å². The van der Waals surface area contributed by atoms with Gasteiger partial charge in [-0.15, -0.1) is 22.9 Å². The Labute approximate surface area is 127 Å². The lowest BCUT2D eigenvalue weighted by Gasteiger charge is -2.19. The summed E-state index contributed by atoms with van der Waals surface area (Å²) in [6, 6.07) is 5.71. The lowest BCUT2D eigenvalue weighted by Crippen LogP contribution is -2.31. The first-order chi connectivity index (χ1) is 9.72. The van der Waals surface area contributed by atoms with Gasteiger partial charge in [-0.1, -0.05) is 6.07 Å². The molecule has 2 rings (SSSR count). The molecule has 6 heteroatoms. The first-order valence-corrected chi connectivity index (χ1v) is 7.81. The van der Waals surface area contributed by atoms with Crippen molar-refractivity contribution >= 4 is 28.8 Å².